The number of hydrogen-bond acceptors (Lipinski definition) is 5. The summed E-state index contributed by atoms with van der Waals surface area (Å²) in [4.78, 5) is 27.9. The maximum Gasteiger partial charge on any atom is 0.326 e. The minimum absolute atomic E-state index is 0.144. The normalized spacial score (nSPS) is 12.2. The van der Waals surface area contributed by atoms with Crippen molar-refractivity contribution in [3.63, 3.8) is 0 Å². The lowest BCUT2D eigenvalue weighted by Gasteiger charge is -2.17. The van der Waals surface area contributed by atoms with Crippen LogP contribution in [0, 0.1) is 12.8 Å². The quantitative estimate of drug-likeness (QED) is 0.846. The average Bonchev–Trinajstić information content (AvgIpc) is 2.92. The van der Waals surface area contributed by atoms with E-state index in [-0.39, 0.29) is 11.8 Å². The van der Waals surface area contributed by atoms with E-state index in [4.69, 9.17) is 4.52 Å². The Bertz CT molecular complexity index is 709. The highest BCUT2D eigenvalue weighted by atomic mass is 16.5. The van der Waals surface area contributed by atoms with E-state index in [0.29, 0.717) is 23.4 Å². The first-order valence-electron chi connectivity index (χ1n) is 7.32. The van der Waals surface area contributed by atoms with Gasteiger partial charge in [0.1, 0.15) is 6.04 Å². The van der Waals surface area contributed by atoms with Gasteiger partial charge < -0.3 is 14.9 Å². The lowest BCUT2D eigenvalue weighted by Crippen LogP contribution is -2.41. The highest BCUT2D eigenvalue weighted by Crippen LogP contribution is 2.22. The summed E-state index contributed by atoms with van der Waals surface area (Å²) in [5.74, 6) is -0.713. The van der Waals surface area contributed by atoms with Crippen LogP contribution in [0.4, 0.5) is 0 Å². The Hall–Kier alpha value is -2.70. The standard InChI is InChI=1S/C16H19N3O4/c1-9(2)8-13(16(21)22)18-14(20)11-6-4-5-7-12(11)15-17-10(3)19-23-15/h4-7,9,13H,8H2,1-3H3,(H,18,20)(H,21,22)/t13-/m1/s1. The molecule has 7 nitrogen and oxygen atoms in total. The van der Waals surface area contributed by atoms with Gasteiger partial charge in [-0.25, -0.2) is 4.79 Å². The fraction of sp³-hybridized carbons (Fsp3) is 0.375. The van der Waals surface area contributed by atoms with Crippen molar-refractivity contribution in [1.29, 1.82) is 0 Å². The first-order chi connectivity index (χ1) is 10.9. The number of benzene rings is 1. The molecule has 2 rings (SSSR count). The van der Waals surface area contributed by atoms with Gasteiger partial charge in [0.15, 0.2) is 5.82 Å². The van der Waals surface area contributed by atoms with Gasteiger partial charge in [0, 0.05) is 0 Å². The van der Waals surface area contributed by atoms with Gasteiger partial charge in [-0.15, -0.1) is 0 Å². The Kier molecular flexibility index (Phi) is 5.10. The topological polar surface area (TPSA) is 105 Å². The molecule has 0 aliphatic heterocycles. The van der Waals surface area contributed by atoms with E-state index in [1.54, 1.807) is 31.2 Å². The highest BCUT2D eigenvalue weighted by molar-refractivity contribution is 6.01. The molecule has 0 aliphatic rings. The number of rotatable bonds is 6. The van der Waals surface area contributed by atoms with Crippen LogP contribution in [0.5, 0.6) is 0 Å². The number of hydrogen-bond donors (Lipinski definition) is 2. The van der Waals surface area contributed by atoms with E-state index in [1.807, 2.05) is 13.8 Å². The molecule has 1 aromatic carbocycles. The minimum atomic E-state index is -1.06. The average molecular weight is 317 g/mol. The van der Waals surface area contributed by atoms with Gasteiger partial charge in [0.2, 0.25) is 0 Å². The predicted octanol–water partition coefficient (Wildman–Crippen LogP) is 2.27. The van der Waals surface area contributed by atoms with Crippen LogP contribution in [0.2, 0.25) is 0 Å². The van der Waals surface area contributed by atoms with Crippen LogP contribution in [0.1, 0.15) is 36.5 Å². The zero-order valence-electron chi connectivity index (χ0n) is 13.2. The molecule has 1 aromatic heterocycles. The number of amides is 1. The second-order valence-electron chi connectivity index (χ2n) is 5.69. The molecular formula is C16H19N3O4. The van der Waals surface area contributed by atoms with Crippen LogP contribution >= 0.6 is 0 Å². The van der Waals surface area contributed by atoms with Crippen molar-refractivity contribution in [1.82, 2.24) is 15.5 Å². The summed E-state index contributed by atoms with van der Waals surface area (Å²) in [6.07, 6.45) is 0.350. The molecule has 2 aromatic rings. The van der Waals surface area contributed by atoms with E-state index >= 15 is 0 Å². The smallest absolute Gasteiger partial charge is 0.326 e. The van der Waals surface area contributed by atoms with Crippen molar-refractivity contribution in [2.45, 2.75) is 33.2 Å². The van der Waals surface area contributed by atoms with E-state index in [0.717, 1.165) is 0 Å². The summed E-state index contributed by atoms with van der Waals surface area (Å²) in [6.45, 7) is 5.48. The second kappa shape index (κ2) is 7.04. The number of carboxylic acids is 1. The molecule has 1 atom stereocenters. The Morgan fingerprint density at radius 3 is 2.57 bits per heavy atom. The van der Waals surface area contributed by atoms with Crippen LogP contribution in [0.15, 0.2) is 28.8 Å². The number of carbonyl (C=O) groups excluding carboxylic acids is 1. The Morgan fingerprint density at radius 2 is 2.00 bits per heavy atom. The minimum Gasteiger partial charge on any atom is -0.480 e. The zero-order valence-corrected chi connectivity index (χ0v) is 13.2. The number of nitrogens with zero attached hydrogens (tertiary/aromatic N) is 2. The predicted molar refractivity (Wildman–Crippen MR) is 82.8 cm³/mol. The molecule has 0 bridgehead atoms. The summed E-state index contributed by atoms with van der Waals surface area (Å²) in [6, 6.07) is 5.77. The molecule has 23 heavy (non-hydrogen) atoms. The molecule has 0 saturated heterocycles. The molecule has 122 valence electrons. The van der Waals surface area contributed by atoms with Crippen LogP contribution < -0.4 is 5.32 Å². The number of aliphatic carboxylic acids is 1. The van der Waals surface area contributed by atoms with Crippen molar-refractivity contribution in [2.75, 3.05) is 0 Å². The number of nitrogens with one attached hydrogen (secondary N) is 1. The highest BCUT2D eigenvalue weighted by Gasteiger charge is 2.24. The Balaban J connectivity index is 2.27. The summed E-state index contributed by atoms with van der Waals surface area (Å²) in [7, 11) is 0. The molecule has 0 aliphatic carbocycles. The van der Waals surface area contributed by atoms with Crippen LogP contribution in [0.3, 0.4) is 0 Å². The summed E-state index contributed by atoms with van der Waals surface area (Å²) in [5.41, 5.74) is 0.769. The van der Waals surface area contributed by atoms with Gasteiger partial charge in [-0.2, -0.15) is 4.98 Å². The fourth-order valence-corrected chi connectivity index (χ4v) is 2.20. The van der Waals surface area contributed by atoms with Crippen molar-refractivity contribution < 1.29 is 19.2 Å². The number of aromatic nitrogens is 2. The van der Waals surface area contributed by atoms with Crippen molar-refractivity contribution in [3.8, 4) is 11.5 Å². The Labute approximate surface area is 133 Å². The largest absolute Gasteiger partial charge is 0.480 e. The molecule has 1 heterocycles. The third-order valence-corrected chi connectivity index (χ3v) is 3.24. The molecule has 0 unspecified atom stereocenters. The molecule has 7 heteroatoms. The molecular weight excluding hydrogens is 298 g/mol. The van der Waals surface area contributed by atoms with Crippen LogP contribution in [-0.4, -0.2) is 33.2 Å². The van der Waals surface area contributed by atoms with Gasteiger partial charge in [-0.1, -0.05) is 31.1 Å². The number of carbonyl (C=O) groups is 2. The van der Waals surface area contributed by atoms with Gasteiger partial charge >= 0.3 is 5.97 Å². The Morgan fingerprint density at radius 1 is 1.30 bits per heavy atom. The lowest BCUT2D eigenvalue weighted by molar-refractivity contribution is -0.139. The monoisotopic (exact) mass is 317 g/mol. The number of carboxylic acid groups (broad SMARTS) is 1. The van der Waals surface area contributed by atoms with E-state index in [1.165, 1.54) is 0 Å². The van der Waals surface area contributed by atoms with E-state index in [2.05, 4.69) is 15.5 Å². The molecule has 0 fully saturated rings. The van der Waals surface area contributed by atoms with Crippen molar-refractivity contribution >= 4 is 11.9 Å². The third kappa shape index (κ3) is 4.15. The molecule has 1 amide bonds. The van der Waals surface area contributed by atoms with Gasteiger partial charge in [0.25, 0.3) is 11.8 Å². The summed E-state index contributed by atoms with van der Waals surface area (Å²) in [5, 5.41) is 15.5. The lowest BCUT2D eigenvalue weighted by atomic mass is 10.0. The van der Waals surface area contributed by atoms with Gasteiger partial charge in [-0.05, 0) is 31.4 Å². The maximum absolute atomic E-state index is 12.5. The maximum atomic E-state index is 12.5. The first kappa shape index (κ1) is 16.7. The van der Waals surface area contributed by atoms with Gasteiger partial charge in [-0.3, -0.25) is 4.79 Å². The molecule has 0 spiro atoms. The van der Waals surface area contributed by atoms with Crippen LogP contribution in [-0.2, 0) is 4.79 Å². The first-order valence-corrected chi connectivity index (χ1v) is 7.32. The molecule has 0 radical (unpaired) electrons. The summed E-state index contributed by atoms with van der Waals surface area (Å²) >= 11 is 0. The molecule has 2 N–H and O–H groups in total. The number of aryl methyl sites for hydroxylation is 1. The van der Waals surface area contributed by atoms with Gasteiger partial charge in [0.05, 0.1) is 11.1 Å². The van der Waals surface area contributed by atoms with E-state index in [9.17, 15) is 14.7 Å². The van der Waals surface area contributed by atoms with Crippen molar-refractivity contribution in [2.24, 2.45) is 5.92 Å². The fourth-order valence-electron chi connectivity index (χ4n) is 2.20. The summed E-state index contributed by atoms with van der Waals surface area (Å²) < 4.78 is 5.10. The van der Waals surface area contributed by atoms with E-state index < -0.39 is 17.9 Å². The third-order valence-electron chi connectivity index (χ3n) is 3.24. The van der Waals surface area contributed by atoms with Crippen LogP contribution in [0.25, 0.3) is 11.5 Å². The SMILES string of the molecule is Cc1noc(-c2ccccc2C(=O)N[C@H](CC(C)C)C(=O)O)n1. The van der Waals surface area contributed by atoms with Crippen molar-refractivity contribution in [3.05, 3.63) is 35.7 Å². The zero-order chi connectivity index (χ0) is 17.0. The second-order valence-corrected chi connectivity index (χ2v) is 5.69. The molecule has 0 saturated carbocycles.